The number of phenols is 1. The van der Waals surface area contributed by atoms with Crippen LogP contribution in [0, 0.1) is 24.5 Å². The first-order valence-corrected chi connectivity index (χ1v) is 10.2. The fourth-order valence-electron chi connectivity index (χ4n) is 3.80. The number of carboxylic acids is 1. The van der Waals surface area contributed by atoms with Gasteiger partial charge in [-0.3, -0.25) is 14.2 Å². The van der Waals surface area contributed by atoms with Crippen LogP contribution in [0.1, 0.15) is 47.8 Å². The van der Waals surface area contributed by atoms with Crippen molar-refractivity contribution in [3.05, 3.63) is 62.8 Å². The molecule has 0 aliphatic heterocycles. The van der Waals surface area contributed by atoms with Gasteiger partial charge >= 0.3 is 5.97 Å². The van der Waals surface area contributed by atoms with Crippen LogP contribution in [0.5, 0.6) is 5.75 Å². The molecule has 1 unspecified atom stereocenters. The highest BCUT2D eigenvalue weighted by Gasteiger charge is 2.35. The SMILES string of the molecule is CC[C@H](C)C(C(=O)O)c1c(C)n(C(=O)c2ccc(Cl)c(Cl)c2)c2cc(F)c(O)c(F)c12. The molecule has 1 heterocycles. The largest absolute Gasteiger partial charge is 0.503 e. The summed E-state index contributed by atoms with van der Waals surface area (Å²) in [6, 6.07) is 4.94. The fourth-order valence-corrected chi connectivity index (χ4v) is 4.10. The number of phenolic OH excluding ortho intramolecular Hbond substituents is 1. The van der Waals surface area contributed by atoms with Crippen molar-refractivity contribution >= 4 is 46.0 Å². The average Bonchev–Trinajstić information content (AvgIpc) is 2.99. The summed E-state index contributed by atoms with van der Waals surface area (Å²) in [4.78, 5) is 25.4. The summed E-state index contributed by atoms with van der Waals surface area (Å²) in [6.07, 6.45) is 0.457. The Kier molecular flexibility index (Phi) is 6.30. The summed E-state index contributed by atoms with van der Waals surface area (Å²) in [6.45, 7) is 4.92. The molecule has 3 rings (SSSR count). The smallest absolute Gasteiger partial charge is 0.311 e. The molecule has 2 aromatic carbocycles. The van der Waals surface area contributed by atoms with Gasteiger partial charge in [-0.1, -0.05) is 43.5 Å². The Labute approximate surface area is 186 Å². The van der Waals surface area contributed by atoms with Gasteiger partial charge in [0.15, 0.2) is 17.4 Å². The fraction of sp³-hybridized carbons (Fsp3) is 0.273. The standard InChI is InChI=1S/C22H19Cl2F2NO4/c1-4-9(2)16(22(30)31)17-10(3)27(15-8-14(25)20(28)19(26)18(15)17)21(29)11-5-6-12(23)13(24)7-11/h5-9,16,28H,4H2,1-3H3,(H,30,31)/t9-,16?/m0/s1. The number of aliphatic carboxylic acids is 1. The molecule has 0 radical (unpaired) electrons. The number of hydrogen-bond acceptors (Lipinski definition) is 3. The molecule has 9 heteroatoms. The van der Waals surface area contributed by atoms with Crippen molar-refractivity contribution in [2.75, 3.05) is 0 Å². The van der Waals surface area contributed by atoms with E-state index >= 15 is 4.39 Å². The van der Waals surface area contributed by atoms with E-state index in [2.05, 4.69) is 0 Å². The number of carboxylic acid groups (broad SMARTS) is 1. The van der Waals surface area contributed by atoms with Crippen molar-refractivity contribution in [1.29, 1.82) is 0 Å². The van der Waals surface area contributed by atoms with Gasteiger partial charge in [-0.05, 0) is 36.6 Å². The lowest BCUT2D eigenvalue weighted by molar-refractivity contribution is -0.140. The highest BCUT2D eigenvalue weighted by atomic mass is 35.5. The van der Waals surface area contributed by atoms with Gasteiger partial charge < -0.3 is 10.2 Å². The van der Waals surface area contributed by atoms with Crippen LogP contribution >= 0.6 is 23.2 Å². The molecule has 2 N–H and O–H groups in total. The van der Waals surface area contributed by atoms with E-state index in [9.17, 15) is 24.2 Å². The Morgan fingerprint density at radius 1 is 1.16 bits per heavy atom. The third-order valence-corrected chi connectivity index (χ3v) is 6.31. The van der Waals surface area contributed by atoms with E-state index in [1.165, 1.54) is 25.1 Å². The molecule has 1 aromatic heterocycles. The molecule has 5 nitrogen and oxygen atoms in total. The average molecular weight is 470 g/mol. The van der Waals surface area contributed by atoms with Gasteiger partial charge in [-0.15, -0.1) is 0 Å². The molecule has 0 saturated heterocycles. The Morgan fingerprint density at radius 3 is 2.35 bits per heavy atom. The van der Waals surface area contributed by atoms with Crippen LogP contribution in [0.3, 0.4) is 0 Å². The number of aromatic nitrogens is 1. The number of benzene rings is 2. The summed E-state index contributed by atoms with van der Waals surface area (Å²) in [5.74, 6) is -7.33. The zero-order valence-electron chi connectivity index (χ0n) is 16.8. The van der Waals surface area contributed by atoms with Crippen LogP contribution in [-0.4, -0.2) is 26.7 Å². The van der Waals surface area contributed by atoms with Gasteiger partial charge in [-0.2, -0.15) is 0 Å². The number of fused-ring (bicyclic) bond motifs is 1. The minimum Gasteiger partial charge on any atom is -0.503 e. The molecule has 3 aromatic rings. The predicted molar refractivity (Wildman–Crippen MR) is 114 cm³/mol. The van der Waals surface area contributed by atoms with Gasteiger partial charge in [-0.25, -0.2) is 8.78 Å². The second-order valence-corrected chi connectivity index (χ2v) is 8.20. The van der Waals surface area contributed by atoms with E-state index in [0.29, 0.717) is 6.42 Å². The molecule has 0 aliphatic rings. The number of hydrogen-bond donors (Lipinski definition) is 2. The highest BCUT2D eigenvalue weighted by Crippen LogP contribution is 2.41. The zero-order chi connectivity index (χ0) is 23.2. The van der Waals surface area contributed by atoms with E-state index in [-0.39, 0.29) is 37.8 Å². The normalized spacial score (nSPS) is 13.4. The van der Waals surface area contributed by atoms with E-state index in [4.69, 9.17) is 23.2 Å². The molecule has 164 valence electrons. The summed E-state index contributed by atoms with van der Waals surface area (Å²) >= 11 is 11.9. The van der Waals surface area contributed by atoms with E-state index < -0.39 is 41.1 Å². The topological polar surface area (TPSA) is 79.5 Å². The number of carbonyl (C=O) groups excluding carboxylic acids is 1. The summed E-state index contributed by atoms with van der Waals surface area (Å²) in [7, 11) is 0. The van der Waals surface area contributed by atoms with Crippen LogP contribution in [0.25, 0.3) is 10.9 Å². The Bertz CT molecular complexity index is 1220. The Balaban J connectivity index is 2.42. The summed E-state index contributed by atoms with van der Waals surface area (Å²) < 4.78 is 30.3. The quantitative estimate of drug-likeness (QED) is 0.469. The molecule has 2 atom stereocenters. The Hall–Kier alpha value is -2.64. The summed E-state index contributed by atoms with van der Waals surface area (Å²) in [5, 5.41) is 19.7. The minimum atomic E-state index is -1.32. The van der Waals surface area contributed by atoms with Crippen molar-refractivity contribution in [3.63, 3.8) is 0 Å². The molecule has 0 aliphatic carbocycles. The third kappa shape index (κ3) is 3.77. The lowest BCUT2D eigenvalue weighted by Crippen LogP contribution is -2.21. The first-order chi connectivity index (χ1) is 14.5. The second kappa shape index (κ2) is 8.48. The molecule has 0 fully saturated rings. The van der Waals surface area contributed by atoms with Crippen LogP contribution in [0.4, 0.5) is 8.78 Å². The number of halogens is 4. The maximum absolute atomic E-state index is 15.0. The molecule has 0 bridgehead atoms. The van der Waals surface area contributed by atoms with Crippen molar-refractivity contribution in [3.8, 4) is 5.75 Å². The van der Waals surface area contributed by atoms with Gasteiger partial charge in [0.25, 0.3) is 5.91 Å². The molecule has 0 spiro atoms. The molecular weight excluding hydrogens is 451 g/mol. The first-order valence-electron chi connectivity index (χ1n) is 9.45. The summed E-state index contributed by atoms with van der Waals surface area (Å²) in [5.41, 5.74) is 0.0388. The lowest BCUT2D eigenvalue weighted by atomic mass is 9.84. The highest BCUT2D eigenvalue weighted by molar-refractivity contribution is 6.42. The van der Waals surface area contributed by atoms with Gasteiger partial charge in [0.2, 0.25) is 0 Å². The van der Waals surface area contributed by atoms with Crippen LogP contribution in [-0.2, 0) is 4.79 Å². The van der Waals surface area contributed by atoms with Gasteiger partial charge in [0.05, 0.1) is 21.5 Å². The van der Waals surface area contributed by atoms with Crippen LogP contribution in [0.15, 0.2) is 24.3 Å². The number of carbonyl (C=O) groups is 2. The third-order valence-electron chi connectivity index (χ3n) is 5.57. The molecular formula is C22H19Cl2F2NO4. The predicted octanol–water partition coefficient (Wildman–Crippen LogP) is 6.14. The van der Waals surface area contributed by atoms with Crippen LogP contribution in [0.2, 0.25) is 10.0 Å². The Morgan fingerprint density at radius 2 is 1.81 bits per heavy atom. The molecule has 0 amide bonds. The number of nitrogens with zero attached hydrogens (tertiary/aromatic N) is 1. The van der Waals surface area contributed by atoms with Crippen molar-refractivity contribution in [1.82, 2.24) is 4.57 Å². The van der Waals surface area contributed by atoms with Crippen molar-refractivity contribution in [2.45, 2.75) is 33.1 Å². The van der Waals surface area contributed by atoms with Gasteiger partial charge in [0.1, 0.15) is 0 Å². The number of rotatable bonds is 5. The van der Waals surface area contributed by atoms with Crippen LogP contribution < -0.4 is 0 Å². The first kappa shape index (κ1) is 23.0. The molecule has 0 saturated carbocycles. The zero-order valence-corrected chi connectivity index (χ0v) is 18.4. The molecule has 31 heavy (non-hydrogen) atoms. The van der Waals surface area contributed by atoms with Crippen molar-refractivity contribution < 1.29 is 28.6 Å². The van der Waals surface area contributed by atoms with E-state index in [1.54, 1.807) is 13.8 Å². The number of aromatic hydroxyl groups is 1. The monoisotopic (exact) mass is 469 g/mol. The van der Waals surface area contributed by atoms with Gasteiger partial charge in [0, 0.05) is 22.7 Å². The second-order valence-electron chi connectivity index (χ2n) is 7.39. The van der Waals surface area contributed by atoms with E-state index in [1.807, 2.05) is 0 Å². The maximum Gasteiger partial charge on any atom is 0.311 e. The van der Waals surface area contributed by atoms with Crippen molar-refractivity contribution in [2.24, 2.45) is 5.92 Å². The van der Waals surface area contributed by atoms with E-state index in [0.717, 1.165) is 10.6 Å². The maximum atomic E-state index is 15.0. The lowest BCUT2D eigenvalue weighted by Gasteiger charge is -2.20. The minimum absolute atomic E-state index is 0.0121.